The monoisotopic (exact) mass is 283 g/mol. The molecule has 0 aliphatic carbocycles. The molecule has 0 radical (unpaired) electrons. The van der Waals surface area contributed by atoms with Crippen LogP contribution in [0.4, 0.5) is 11.4 Å². The van der Waals surface area contributed by atoms with Gasteiger partial charge in [0.05, 0.1) is 11.1 Å². The van der Waals surface area contributed by atoms with Gasteiger partial charge in [-0.3, -0.25) is 9.71 Å². The van der Waals surface area contributed by atoms with E-state index in [2.05, 4.69) is 9.71 Å². The average molecular weight is 283 g/mol. The van der Waals surface area contributed by atoms with Crippen molar-refractivity contribution in [2.45, 2.75) is 26.0 Å². The van der Waals surface area contributed by atoms with E-state index in [1.54, 1.807) is 33.0 Å². The van der Waals surface area contributed by atoms with Crippen molar-refractivity contribution in [2.24, 2.45) is 4.99 Å². The van der Waals surface area contributed by atoms with E-state index in [4.69, 9.17) is 0 Å². The van der Waals surface area contributed by atoms with Crippen molar-refractivity contribution in [3.63, 3.8) is 0 Å². The SMILES string of the molecule is CN=C(C)N(C)c1ccc(NS(=O)(=O)C(C)C)cc1. The summed E-state index contributed by atoms with van der Waals surface area (Å²) in [6.45, 7) is 5.20. The third-order valence-corrected chi connectivity index (χ3v) is 4.71. The van der Waals surface area contributed by atoms with Crippen molar-refractivity contribution in [3.8, 4) is 0 Å². The van der Waals surface area contributed by atoms with Crippen molar-refractivity contribution in [1.29, 1.82) is 0 Å². The van der Waals surface area contributed by atoms with Crippen molar-refractivity contribution in [3.05, 3.63) is 24.3 Å². The Morgan fingerprint density at radius 1 is 1.26 bits per heavy atom. The Bertz CT molecular complexity index is 548. The molecule has 0 fully saturated rings. The second-order valence-corrected chi connectivity index (χ2v) is 6.81. The minimum absolute atomic E-state index is 0.454. The van der Waals surface area contributed by atoms with Gasteiger partial charge in [-0.2, -0.15) is 0 Å². The van der Waals surface area contributed by atoms with Gasteiger partial charge in [0.2, 0.25) is 10.0 Å². The molecule has 6 heteroatoms. The molecule has 0 unspecified atom stereocenters. The van der Waals surface area contributed by atoms with E-state index >= 15 is 0 Å². The first-order chi connectivity index (χ1) is 8.77. The van der Waals surface area contributed by atoms with Crippen LogP contribution in [0.15, 0.2) is 29.3 Å². The zero-order valence-electron chi connectivity index (χ0n) is 12.0. The summed E-state index contributed by atoms with van der Waals surface area (Å²) >= 11 is 0. The predicted octanol–water partition coefficient (Wildman–Crippen LogP) is 2.32. The van der Waals surface area contributed by atoms with E-state index in [1.807, 2.05) is 31.0 Å². The highest BCUT2D eigenvalue weighted by molar-refractivity contribution is 7.93. The van der Waals surface area contributed by atoms with E-state index in [9.17, 15) is 8.42 Å². The number of aliphatic imine (C=N–C) groups is 1. The molecule has 106 valence electrons. The molecule has 0 atom stereocenters. The number of anilines is 2. The van der Waals surface area contributed by atoms with Gasteiger partial charge in [0.1, 0.15) is 0 Å². The highest BCUT2D eigenvalue weighted by Gasteiger charge is 2.15. The summed E-state index contributed by atoms with van der Waals surface area (Å²) in [5.41, 5.74) is 1.52. The van der Waals surface area contributed by atoms with Gasteiger partial charge in [0, 0.05) is 25.5 Å². The van der Waals surface area contributed by atoms with Crippen LogP contribution >= 0.6 is 0 Å². The molecule has 1 aromatic rings. The topological polar surface area (TPSA) is 61.8 Å². The van der Waals surface area contributed by atoms with E-state index < -0.39 is 15.3 Å². The molecule has 0 aromatic heterocycles. The molecule has 0 aliphatic heterocycles. The molecular weight excluding hydrogens is 262 g/mol. The standard InChI is InChI=1S/C13H21N3O2S/c1-10(2)19(17,18)15-12-6-8-13(9-7-12)16(5)11(3)14-4/h6-10,15H,1-5H3. The fourth-order valence-electron chi connectivity index (χ4n) is 1.37. The first-order valence-electron chi connectivity index (χ1n) is 6.06. The number of sulfonamides is 1. The van der Waals surface area contributed by atoms with E-state index in [1.165, 1.54) is 0 Å². The third kappa shape index (κ3) is 3.96. The van der Waals surface area contributed by atoms with Gasteiger partial charge < -0.3 is 4.90 Å². The van der Waals surface area contributed by atoms with Gasteiger partial charge in [-0.1, -0.05) is 0 Å². The van der Waals surface area contributed by atoms with Gasteiger partial charge in [-0.15, -0.1) is 0 Å². The summed E-state index contributed by atoms with van der Waals surface area (Å²) in [7, 11) is 0.353. The van der Waals surface area contributed by atoms with E-state index in [-0.39, 0.29) is 0 Å². The lowest BCUT2D eigenvalue weighted by Gasteiger charge is -2.19. The Labute approximate surface area is 115 Å². The fourth-order valence-corrected chi connectivity index (χ4v) is 2.07. The number of hydrogen-bond donors (Lipinski definition) is 1. The Morgan fingerprint density at radius 2 is 1.79 bits per heavy atom. The summed E-state index contributed by atoms with van der Waals surface area (Å²) in [6.07, 6.45) is 0. The van der Waals surface area contributed by atoms with Crippen molar-refractivity contribution in [1.82, 2.24) is 0 Å². The lowest BCUT2D eigenvalue weighted by atomic mass is 10.2. The zero-order chi connectivity index (χ0) is 14.6. The van der Waals surface area contributed by atoms with E-state index in [0.717, 1.165) is 11.5 Å². The number of nitrogens with one attached hydrogen (secondary N) is 1. The minimum atomic E-state index is -3.29. The maximum Gasteiger partial charge on any atom is 0.235 e. The maximum atomic E-state index is 11.7. The molecule has 1 aromatic carbocycles. The quantitative estimate of drug-likeness (QED) is 0.681. The van der Waals surface area contributed by atoms with Crippen molar-refractivity contribution in [2.75, 3.05) is 23.7 Å². The van der Waals surface area contributed by atoms with Crippen LogP contribution < -0.4 is 9.62 Å². The molecular formula is C13H21N3O2S. The van der Waals surface area contributed by atoms with Gasteiger partial charge >= 0.3 is 0 Å². The second-order valence-electron chi connectivity index (χ2n) is 4.57. The molecule has 1 rings (SSSR count). The van der Waals surface area contributed by atoms with Crippen LogP contribution in [-0.2, 0) is 10.0 Å². The molecule has 0 spiro atoms. The summed E-state index contributed by atoms with van der Waals surface area (Å²) in [5, 5.41) is -0.454. The normalized spacial score (nSPS) is 12.6. The highest BCUT2D eigenvalue weighted by atomic mass is 32.2. The summed E-state index contributed by atoms with van der Waals surface area (Å²) in [6, 6.07) is 7.20. The summed E-state index contributed by atoms with van der Waals surface area (Å²) in [5.74, 6) is 0.885. The largest absolute Gasteiger partial charge is 0.334 e. The van der Waals surface area contributed by atoms with Crippen LogP contribution in [-0.4, -0.2) is 33.6 Å². The number of rotatable bonds is 4. The Balaban J connectivity index is 2.89. The van der Waals surface area contributed by atoms with Crippen LogP contribution in [0.5, 0.6) is 0 Å². The molecule has 0 bridgehead atoms. The minimum Gasteiger partial charge on any atom is -0.334 e. The smallest absolute Gasteiger partial charge is 0.235 e. The predicted molar refractivity (Wildman–Crippen MR) is 81.6 cm³/mol. The lowest BCUT2D eigenvalue weighted by Crippen LogP contribution is -2.24. The highest BCUT2D eigenvalue weighted by Crippen LogP contribution is 2.18. The van der Waals surface area contributed by atoms with Crippen molar-refractivity contribution < 1.29 is 8.42 Å². The first kappa shape index (κ1) is 15.5. The molecule has 5 nitrogen and oxygen atoms in total. The molecule has 1 N–H and O–H groups in total. The molecule has 19 heavy (non-hydrogen) atoms. The Hall–Kier alpha value is -1.56. The average Bonchev–Trinajstić information content (AvgIpc) is 2.37. The maximum absolute atomic E-state index is 11.7. The molecule has 0 amide bonds. The Morgan fingerprint density at radius 3 is 2.21 bits per heavy atom. The second kappa shape index (κ2) is 6.06. The van der Waals surface area contributed by atoms with E-state index in [0.29, 0.717) is 5.69 Å². The number of amidine groups is 1. The summed E-state index contributed by atoms with van der Waals surface area (Å²) < 4.78 is 26.0. The van der Waals surface area contributed by atoms with Gasteiger partial charge in [-0.25, -0.2) is 8.42 Å². The Kier molecular flexibility index (Phi) is 4.94. The molecule has 0 heterocycles. The van der Waals surface area contributed by atoms with Gasteiger partial charge in [0.15, 0.2) is 0 Å². The number of hydrogen-bond acceptors (Lipinski definition) is 3. The molecule has 0 aliphatic rings. The van der Waals surface area contributed by atoms with Crippen LogP contribution in [0.2, 0.25) is 0 Å². The third-order valence-electron chi connectivity index (χ3n) is 2.94. The molecule has 0 saturated carbocycles. The van der Waals surface area contributed by atoms with Gasteiger partial charge in [0.25, 0.3) is 0 Å². The van der Waals surface area contributed by atoms with Crippen LogP contribution in [0.3, 0.4) is 0 Å². The van der Waals surface area contributed by atoms with Gasteiger partial charge in [-0.05, 0) is 45.0 Å². The zero-order valence-corrected chi connectivity index (χ0v) is 12.8. The molecule has 0 saturated heterocycles. The van der Waals surface area contributed by atoms with Crippen LogP contribution in [0.1, 0.15) is 20.8 Å². The number of nitrogens with zero attached hydrogens (tertiary/aromatic N) is 2. The number of benzene rings is 1. The van der Waals surface area contributed by atoms with Crippen molar-refractivity contribution >= 4 is 27.2 Å². The first-order valence-corrected chi connectivity index (χ1v) is 7.61. The summed E-state index contributed by atoms with van der Waals surface area (Å²) in [4.78, 5) is 6.03. The lowest BCUT2D eigenvalue weighted by molar-refractivity contribution is 0.593. The van der Waals surface area contributed by atoms with Crippen LogP contribution in [0, 0.1) is 0 Å². The van der Waals surface area contributed by atoms with Crippen LogP contribution in [0.25, 0.3) is 0 Å². The fraction of sp³-hybridized carbons (Fsp3) is 0.462.